The maximum atomic E-state index is 6.13. The van der Waals surface area contributed by atoms with Crippen LogP contribution in [0.25, 0.3) is 0 Å². The topological polar surface area (TPSA) is 12.4 Å². The summed E-state index contributed by atoms with van der Waals surface area (Å²) in [7, 11) is 0. The Morgan fingerprint density at radius 3 is 2.15 bits per heavy atom. The van der Waals surface area contributed by atoms with E-state index in [9.17, 15) is 0 Å². The van der Waals surface area contributed by atoms with Gasteiger partial charge in [0.25, 0.3) is 0 Å². The molecule has 0 aliphatic rings. The first-order valence-corrected chi connectivity index (χ1v) is 9.03. The average molecular weight is 388 g/mol. The number of hydrogen-bond acceptors (Lipinski definition) is 1. The molecule has 0 saturated carbocycles. The standard InChI is InChI=1S/C10H12.C6H3Cl2N.Mo/c1-10(2,3)9-7-5-4-6-8-9;7-4-2-1-3-5(8)6(4)9;/h1,4-8H,2-3H3;1-3H;. The van der Waals surface area contributed by atoms with Gasteiger partial charge >= 0.3 is 138 Å². The zero-order valence-electron chi connectivity index (χ0n) is 11.3. The second-order valence-electron chi connectivity index (χ2n) is 4.97. The predicted molar refractivity (Wildman–Crippen MR) is 84.1 cm³/mol. The van der Waals surface area contributed by atoms with E-state index >= 15 is 0 Å². The van der Waals surface area contributed by atoms with Crippen LogP contribution in [0, 0.1) is 0 Å². The number of halogens is 2. The Kier molecular flexibility index (Phi) is 5.43. The molecular weight excluding hydrogens is 373 g/mol. The molecule has 0 fully saturated rings. The molecule has 0 amide bonds. The molecule has 0 heterocycles. The first kappa shape index (κ1) is 15.8. The summed E-state index contributed by atoms with van der Waals surface area (Å²) < 4.78 is 6.93. The summed E-state index contributed by atoms with van der Waals surface area (Å²) in [4.78, 5) is 0. The Hall–Kier alpha value is -0.622. The van der Waals surface area contributed by atoms with Gasteiger partial charge < -0.3 is 0 Å². The summed E-state index contributed by atoms with van der Waals surface area (Å²) in [5.74, 6) is 0. The number of rotatable bonds is 3. The van der Waals surface area contributed by atoms with Crippen molar-refractivity contribution in [2.75, 3.05) is 0 Å². The molecule has 20 heavy (non-hydrogen) atoms. The van der Waals surface area contributed by atoms with Crippen LogP contribution in [0.2, 0.25) is 10.0 Å². The Bertz CT molecular complexity index is 639. The van der Waals surface area contributed by atoms with E-state index in [1.54, 1.807) is 0 Å². The molecule has 0 aliphatic carbocycles. The fourth-order valence-corrected chi connectivity index (χ4v) is 4.33. The third kappa shape index (κ3) is 3.94. The van der Waals surface area contributed by atoms with Gasteiger partial charge in [0.05, 0.1) is 0 Å². The molecule has 0 unspecified atom stereocenters. The minimum absolute atomic E-state index is 0.0146. The van der Waals surface area contributed by atoms with Gasteiger partial charge in [-0.3, -0.25) is 0 Å². The monoisotopic (exact) mass is 389 g/mol. The number of hydrogen-bond donors (Lipinski definition) is 0. The van der Waals surface area contributed by atoms with Gasteiger partial charge in [-0.1, -0.05) is 0 Å². The third-order valence-corrected chi connectivity index (χ3v) is 5.97. The van der Waals surface area contributed by atoms with Crippen LogP contribution in [0.3, 0.4) is 0 Å². The molecule has 0 aromatic heterocycles. The van der Waals surface area contributed by atoms with Crippen molar-refractivity contribution in [2.24, 2.45) is 3.50 Å². The number of benzene rings is 2. The molecule has 2 aromatic rings. The Morgan fingerprint density at radius 1 is 0.950 bits per heavy atom. The molecule has 0 radical (unpaired) electrons. The van der Waals surface area contributed by atoms with Crippen LogP contribution in [-0.4, -0.2) is 4.40 Å². The molecule has 0 spiro atoms. The van der Waals surface area contributed by atoms with Crippen molar-refractivity contribution in [1.82, 2.24) is 0 Å². The van der Waals surface area contributed by atoms with E-state index in [1.807, 2.05) is 24.3 Å². The van der Waals surface area contributed by atoms with Crippen LogP contribution < -0.4 is 0 Å². The van der Waals surface area contributed by atoms with Crippen molar-refractivity contribution < 1.29 is 17.9 Å². The van der Waals surface area contributed by atoms with Crippen LogP contribution in [0.1, 0.15) is 19.4 Å². The third-order valence-electron chi connectivity index (χ3n) is 2.95. The molecule has 2 rings (SSSR count). The normalized spacial score (nSPS) is 11.0. The van der Waals surface area contributed by atoms with Crippen molar-refractivity contribution in [3.63, 3.8) is 0 Å². The fraction of sp³-hybridized carbons (Fsp3) is 0.188. The van der Waals surface area contributed by atoms with Crippen LogP contribution >= 0.6 is 23.2 Å². The van der Waals surface area contributed by atoms with E-state index < -0.39 is 17.9 Å². The van der Waals surface area contributed by atoms with Gasteiger partial charge in [0.15, 0.2) is 0 Å². The van der Waals surface area contributed by atoms with Crippen LogP contribution in [-0.2, 0) is 23.3 Å². The Balaban J connectivity index is 2.31. The molecule has 0 aliphatic heterocycles. The van der Waals surface area contributed by atoms with E-state index in [1.165, 1.54) is 5.56 Å². The van der Waals surface area contributed by atoms with Crippen molar-refractivity contribution in [2.45, 2.75) is 19.3 Å². The number of nitrogens with zero attached hydrogens (tertiary/aromatic N) is 1. The van der Waals surface area contributed by atoms with E-state index in [-0.39, 0.29) is 5.41 Å². The molecule has 4 heteroatoms. The molecule has 0 N–H and O–H groups in total. The minimum atomic E-state index is -0.662. The maximum absolute atomic E-state index is 6.13. The molecule has 0 bridgehead atoms. The van der Waals surface area contributed by atoms with Gasteiger partial charge in [-0.05, 0) is 0 Å². The summed E-state index contributed by atoms with van der Waals surface area (Å²) in [5.41, 5.74) is 2.03. The summed E-state index contributed by atoms with van der Waals surface area (Å²) in [5, 5.41) is 1.24. The fourth-order valence-electron chi connectivity index (χ4n) is 1.72. The van der Waals surface area contributed by atoms with Gasteiger partial charge in [0.2, 0.25) is 0 Å². The van der Waals surface area contributed by atoms with E-state index in [0.717, 1.165) is 5.69 Å². The molecule has 104 valence electrons. The predicted octanol–water partition coefficient (Wildman–Crippen LogP) is 5.67. The van der Waals surface area contributed by atoms with Crippen LogP contribution in [0.5, 0.6) is 0 Å². The molecule has 0 atom stereocenters. The summed E-state index contributed by atoms with van der Waals surface area (Å²) in [6.07, 6.45) is 0. The first-order chi connectivity index (χ1) is 9.50. The van der Waals surface area contributed by atoms with Crippen LogP contribution in [0.15, 0.2) is 52.0 Å². The van der Waals surface area contributed by atoms with Crippen molar-refractivity contribution in [3.05, 3.63) is 64.1 Å². The average Bonchev–Trinajstić information content (AvgIpc) is 2.43. The quantitative estimate of drug-likeness (QED) is 0.601. The summed E-state index contributed by atoms with van der Waals surface area (Å²) in [6.45, 7) is 4.41. The molecule has 1 nitrogen and oxygen atoms in total. The second-order valence-corrected chi connectivity index (χ2v) is 7.33. The zero-order valence-corrected chi connectivity index (χ0v) is 14.8. The van der Waals surface area contributed by atoms with Gasteiger partial charge in [0, 0.05) is 0 Å². The van der Waals surface area contributed by atoms with E-state index in [2.05, 4.69) is 46.0 Å². The SMILES string of the molecule is CC(C)([CH]=[Mo]=[N]c1c(Cl)cccc1Cl)c1ccccc1. The summed E-state index contributed by atoms with van der Waals surface area (Å²) >= 11 is 11.6. The van der Waals surface area contributed by atoms with Crippen molar-refractivity contribution in [1.29, 1.82) is 0 Å². The zero-order chi connectivity index (χ0) is 14.6. The van der Waals surface area contributed by atoms with Gasteiger partial charge in [-0.2, -0.15) is 0 Å². The Morgan fingerprint density at radius 2 is 1.55 bits per heavy atom. The van der Waals surface area contributed by atoms with Gasteiger partial charge in [-0.25, -0.2) is 0 Å². The van der Waals surface area contributed by atoms with Gasteiger partial charge in [0.1, 0.15) is 0 Å². The first-order valence-electron chi connectivity index (χ1n) is 6.21. The van der Waals surface area contributed by atoms with E-state index in [4.69, 9.17) is 23.2 Å². The van der Waals surface area contributed by atoms with E-state index in [0.29, 0.717) is 10.0 Å². The molecule has 0 saturated heterocycles. The Labute approximate surface area is 137 Å². The second kappa shape index (κ2) is 6.89. The molecule has 2 aromatic carbocycles. The summed E-state index contributed by atoms with van der Waals surface area (Å²) in [6, 6.07) is 15.9. The van der Waals surface area contributed by atoms with Crippen molar-refractivity contribution >= 4 is 33.3 Å². The molecular formula is C16H15Cl2MoN. The van der Waals surface area contributed by atoms with Crippen LogP contribution in [0.4, 0.5) is 5.69 Å². The van der Waals surface area contributed by atoms with Gasteiger partial charge in [-0.15, -0.1) is 0 Å². The van der Waals surface area contributed by atoms with Crippen molar-refractivity contribution in [3.8, 4) is 0 Å².